The lowest BCUT2D eigenvalue weighted by Gasteiger charge is -2.22. The number of ether oxygens (including phenoxy) is 1. The minimum absolute atomic E-state index is 0.00409. The van der Waals surface area contributed by atoms with Crippen molar-refractivity contribution in [2.75, 3.05) is 17.6 Å². The maximum absolute atomic E-state index is 14.4. The molecule has 0 spiro atoms. The van der Waals surface area contributed by atoms with E-state index in [0.717, 1.165) is 12.0 Å². The summed E-state index contributed by atoms with van der Waals surface area (Å²) in [7, 11) is 0. The van der Waals surface area contributed by atoms with E-state index in [1.165, 1.54) is 29.7 Å². The molecule has 1 amide bonds. The summed E-state index contributed by atoms with van der Waals surface area (Å²) < 4.78 is 23.2. The molecule has 1 aromatic rings. The van der Waals surface area contributed by atoms with Gasteiger partial charge in [-0.15, -0.1) is 0 Å². The number of nitrogens with one attached hydrogen (secondary N) is 2. The molecular formula is C27H33FN2O2S. The third-order valence-corrected chi connectivity index (χ3v) is 5.44. The normalized spacial score (nSPS) is 14.0. The van der Waals surface area contributed by atoms with Gasteiger partial charge in [0.1, 0.15) is 18.2 Å². The summed E-state index contributed by atoms with van der Waals surface area (Å²) >= 11 is 1.30. The van der Waals surface area contributed by atoms with Gasteiger partial charge in [0.05, 0.1) is 5.69 Å². The Morgan fingerprint density at radius 2 is 2.06 bits per heavy atom. The molecule has 0 bridgehead atoms. The van der Waals surface area contributed by atoms with Crippen LogP contribution in [0.15, 0.2) is 78.7 Å². The number of rotatable bonds is 10. The van der Waals surface area contributed by atoms with E-state index in [1.54, 1.807) is 24.3 Å². The molecule has 0 unspecified atom stereocenters. The molecule has 1 aromatic carbocycles. The van der Waals surface area contributed by atoms with Crippen LogP contribution < -0.4 is 10.0 Å². The Hall–Kier alpha value is -2.99. The van der Waals surface area contributed by atoms with Crippen LogP contribution in [0, 0.1) is 11.2 Å². The van der Waals surface area contributed by atoms with Crippen LogP contribution in [-0.2, 0) is 16.1 Å². The Kier molecular flexibility index (Phi) is 9.79. The van der Waals surface area contributed by atoms with Gasteiger partial charge < -0.3 is 14.8 Å². The molecule has 0 fully saturated rings. The fraction of sp³-hybridized carbons (Fsp3) is 0.296. The number of amides is 1. The Balaban J connectivity index is 2.17. The van der Waals surface area contributed by atoms with Crippen LogP contribution in [0.1, 0.15) is 38.3 Å². The third-order valence-electron chi connectivity index (χ3n) is 5.03. The maximum Gasteiger partial charge on any atom is 0.244 e. The average molecular weight is 469 g/mol. The second-order valence-electron chi connectivity index (χ2n) is 8.55. The first kappa shape index (κ1) is 26.3. The standard InChI is InChI=1S/C27H33FN2O2S/c1-7-14-32-24-17-22(27(3,4)5)11-9-10-21(24)12-13-25(31)29-18-19-15-20(8-2)26(30-33-6)23(28)16-19/h7-10,12-13,15-17,30H,1-2,11,14,18H2,3-6H3,(H,29,31)/b13-12+. The van der Waals surface area contributed by atoms with Crippen molar-refractivity contribution in [3.05, 3.63) is 95.6 Å². The van der Waals surface area contributed by atoms with Crippen molar-refractivity contribution < 1.29 is 13.9 Å². The number of allylic oxidation sites excluding steroid dienone is 6. The number of halogens is 1. The van der Waals surface area contributed by atoms with Crippen molar-refractivity contribution in [3.63, 3.8) is 0 Å². The van der Waals surface area contributed by atoms with Gasteiger partial charge in [0, 0.05) is 30.0 Å². The lowest BCUT2D eigenvalue weighted by molar-refractivity contribution is -0.116. The summed E-state index contributed by atoms with van der Waals surface area (Å²) in [5.41, 5.74) is 3.73. The third kappa shape index (κ3) is 7.82. The molecule has 1 aliphatic rings. The van der Waals surface area contributed by atoms with E-state index in [0.29, 0.717) is 29.2 Å². The fourth-order valence-corrected chi connectivity index (χ4v) is 3.62. The van der Waals surface area contributed by atoms with Gasteiger partial charge >= 0.3 is 0 Å². The van der Waals surface area contributed by atoms with Crippen LogP contribution in [0.5, 0.6) is 0 Å². The van der Waals surface area contributed by atoms with Crippen molar-refractivity contribution in [1.29, 1.82) is 0 Å². The fourth-order valence-electron chi connectivity index (χ4n) is 3.20. The van der Waals surface area contributed by atoms with Gasteiger partial charge in [0.15, 0.2) is 0 Å². The van der Waals surface area contributed by atoms with Crippen molar-refractivity contribution in [1.82, 2.24) is 5.32 Å². The predicted octanol–water partition coefficient (Wildman–Crippen LogP) is 6.72. The molecule has 0 aromatic heterocycles. The summed E-state index contributed by atoms with van der Waals surface area (Å²) in [6.07, 6.45) is 15.2. The first-order chi connectivity index (χ1) is 15.7. The van der Waals surface area contributed by atoms with Crippen molar-refractivity contribution >= 4 is 29.6 Å². The molecule has 0 atom stereocenters. The first-order valence-electron chi connectivity index (χ1n) is 10.7. The summed E-state index contributed by atoms with van der Waals surface area (Å²) in [4.78, 5) is 12.5. The minimum Gasteiger partial charge on any atom is -0.489 e. The summed E-state index contributed by atoms with van der Waals surface area (Å²) in [5, 5.41) is 2.80. The zero-order chi connectivity index (χ0) is 24.4. The van der Waals surface area contributed by atoms with E-state index < -0.39 is 0 Å². The topological polar surface area (TPSA) is 50.4 Å². The second-order valence-corrected chi connectivity index (χ2v) is 9.16. The zero-order valence-corrected chi connectivity index (χ0v) is 20.7. The predicted molar refractivity (Wildman–Crippen MR) is 139 cm³/mol. The second kappa shape index (κ2) is 12.3. The highest BCUT2D eigenvalue weighted by Gasteiger charge is 2.19. The Morgan fingerprint density at radius 3 is 2.70 bits per heavy atom. The smallest absolute Gasteiger partial charge is 0.244 e. The number of anilines is 1. The maximum atomic E-state index is 14.4. The summed E-state index contributed by atoms with van der Waals surface area (Å²) in [5.74, 6) is 0.0306. The molecule has 4 nitrogen and oxygen atoms in total. The molecule has 0 saturated heterocycles. The minimum atomic E-state index is -0.388. The first-order valence-corrected chi connectivity index (χ1v) is 12.0. The average Bonchev–Trinajstić information content (AvgIpc) is 2.98. The molecule has 0 radical (unpaired) electrons. The number of hydrogen-bond acceptors (Lipinski definition) is 4. The Morgan fingerprint density at radius 1 is 1.30 bits per heavy atom. The molecule has 0 heterocycles. The lowest BCUT2D eigenvalue weighted by Crippen LogP contribution is -2.20. The molecule has 0 aliphatic heterocycles. The van der Waals surface area contributed by atoms with E-state index in [4.69, 9.17) is 4.74 Å². The van der Waals surface area contributed by atoms with Crippen LogP contribution in [-0.4, -0.2) is 18.8 Å². The highest BCUT2D eigenvalue weighted by Crippen LogP contribution is 2.32. The molecule has 2 rings (SSSR count). The quantitative estimate of drug-likeness (QED) is 0.227. The van der Waals surface area contributed by atoms with Crippen molar-refractivity contribution in [2.24, 2.45) is 5.41 Å². The van der Waals surface area contributed by atoms with Crippen LogP contribution in [0.25, 0.3) is 6.08 Å². The van der Waals surface area contributed by atoms with E-state index in [1.807, 2.05) is 18.4 Å². The molecule has 33 heavy (non-hydrogen) atoms. The molecule has 176 valence electrons. The monoisotopic (exact) mass is 468 g/mol. The highest BCUT2D eigenvalue weighted by atomic mass is 32.2. The van der Waals surface area contributed by atoms with Crippen molar-refractivity contribution in [3.8, 4) is 0 Å². The number of hydrogen-bond donors (Lipinski definition) is 2. The van der Waals surface area contributed by atoms with Gasteiger partial charge in [0.2, 0.25) is 5.91 Å². The van der Waals surface area contributed by atoms with Gasteiger partial charge in [-0.25, -0.2) is 4.39 Å². The van der Waals surface area contributed by atoms with E-state index in [-0.39, 0.29) is 23.7 Å². The van der Waals surface area contributed by atoms with E-state index in [2.05, 4.69) is 50.0 Å². The van der Waals surface area contributed by atoms with Gasteiger partial charge in [-0.2, -0.15) is 0 Å². The Labute approximate surface area is 201 Å². The number of carbonyl (C=O) groups is 1. The van der Waals surface area contributed by atoms with Gasteiger partial charge in [-0.1, -0.05) is 75.8 Å². The summed E-state index contributed by atoms with van der Waals surface area (Å²) in [6.45, 7) is 14.5. The lowest BCUT2D eigenvalue weighted by atomic mass is 9.84. The van der Waals surface area contributed by atoms with Crippen LogP contribution in [0.4, 0.5) is 10.1 Å². The molecular weight excluding hydrogens is 435 g/mol. The van der Waals surface area contributed by atoms with Gasteiger partial charge in [-0.05, 0) is 41.7 Å². The zero-order valence-electron chi connectivity index (χ0n) is 19.8. The van der Waals surface area contributed by atoms with Gasteiger partial charge in [-0.3, -0.25) is 4.79 Å². The molecule has 2 N–H and O–H groups in total. The number of carbonyl (C=O) groups excluding carboxylic acids is 1. The molecule has 6 heteroatoms. The SMILES string of the molecule is C=CCOC1=C(/C=C/C(=O)NCc2cc(F)c(NSC)c(C=C)c2)C=CCC(C(C)(C)C)=C1. The largest absolute Gasteiger partial charge is 0.489 e. The highest BCUT2D eigenvalue weighted by molar-refractivity contribution is 7.99. The van der Waals surface area contributed by atoms with Gasteiger partial charge in [0.25, 0.3) is 0 Å². The van der Waals surface area contributed by atoms with E-state index in [9.17, 15) is 9.18 Å². The molecule has 1 aliphatic carbocycles. The van der Waals surface area contributed by atoms with E-state index >= 15 is 0 Å². The number of benzene rings is 1. The molecule has 0 saturated carbocycles. The van der Waals surface area contributed by atoms with Crippen LogP contribution in [0.3, 0.4) is 0 Å². The van der Waals surface area contributed by atoms with Crippen molar-refractivity contribution in [2.45, 2.75) is 33.7 Å². The van der Waals surface area contributed by atoms with Crippen LogP contribution in [0.2, 0.25) is 0 Å². The van der Waals surface area contributed by atoms with Crippen LogP contribution >= 0.6 is 11.9 Å². The summed E-state index contributed by atoms with van der Waals surface area (Å²) in [6, 6.07) is 3.21. The Bertz CT molecular complexity index is 1010.